The van der Waals surface area contributed by atoms with Gasteiger partial charge in [-0.3, -0.25) is 19.2 Å². The molecule has 0 bridgehead atoms. The third-order valence-corrected chi connectivity index (χ3v) is 5.35. The van der Waals surface area contributed by atoms with Crippen molar-refractivity contribution < 1.29 is 28.3 Å². The molecule has 0 spiro atoms. The molecule has 192 valence electrons. The van der Waals surface area contributed by atoms with Gasteiger partial charge in [0.2, 0.25) is 0 Å². The Balaban J connectivity index is 1.44. The van der Waals surface area contributed by atoms with Crippen LogP contribution in [-0.2, 0) is 25.7 Å². The summed E-state index contributed by atoms with van der Waals surface area (Å²) in [5.41, 5.74) is 4.95. The third-order valence-electron chi connectivity index (χ3n) is 5.05. The van der Waals surface area contributed by atoms with E-state index in [-0.39, 0.29) is 17.3 Å². The van der Waals surface area contributed by atoms with Crippen molar-refractivity contribution in [1.82, 2.24) is 10.7 Å². The zero-order valence-electron chi connectivity index (χ0n) is 20.2. The normalized spacial score (nSPS) is 10.6. The lowest BCUT2D eigenvalue weighted by atomic mass is 10.1. The van der Waals surface area contributed by atoms with E-state index in [1.165, 1.54) is 31.5 Å². The number of aryl methyl sites for hydroxylation is 2. The SMILES string of the molecule is COc1ccc(NC(=O)C(=O)N/N=C/c2ccc(CNC(=O)C(=O)Nc3ccc(C)c(C)c3)o2)cc1Cl. The van der Waals surface area contributed by atoms with Gasteiger partial charge in [-0.05, 0) is 67.4 Å². The lowest BCUT2D eigenvalue weighted by Gasteiger charge is -2.07. The van der Waals surface area contributed by atoms with E-state index in [9.17, 15) is 19.2 Å². The highest BCUT2D eigenvalue weighted by Gasteiger charge is 2.15. The Morgan fingerprint density at radius 2 is 1.57 bits per heavy atom. The Kier molecular flexibility index (Phi) is 9.00. The highest BCUT2D eigenvalue weighted by Crippen LogP contribution is 2.27. The van der Waals surface area contributed by atoms with E-state index < -0.39 is 23.6 Å². The minimum atomic E-state index is -1.02. The van der Waals surface area contributed by atoms with Crippen LogP contribution in [0, 0.1) is 13.8 Å². The number of halogens is 1. The van der Waals surface area contributed by atoms with Crippen LogP contribution in [-0.4, -0.2) is 37.0 Å². The number of furan rings is 1. The second-order valence-corrected chi connectivity index (χ2v) is 8.15. The molecule has 0 radical (unpaired) electrons. The molecule has 12 heteroatoms. The molecule has 0 aliphatic carbocycles. The summed E-state index contributed by atoms with van der Waals surface area (Å²) in [5, 5.41) is 11.3. The molecular weight excluding hydrogens is 502 g/mol. The summed E-state index contributed by atoms with van der Waals surface area (Å²) < 4.78 is 10.5. The molecule has 0 saturated carbocycles. The van der Waals surface area contributed by atoms with Gasteiger partial charge >= 0.3 is 23.6 Å². The van der Waals surface area contributed by atoms with E-state index in [2.05, 4.69) is 26.5 Å². The number of anilines is 2. The van der Waals surface area contributed by atoms with Gasteiger partial charge in [-0.2, -0.15) is 5.10 Å². The van der Waals surface area contributed by atoms with Gasteiger partial charge in [0.25, 0.3) is 0 Å². The van der Waals surface area contributed by atoms with Crippen LogP contribution in [0.15, 0.2) is 58.0 Å². The standard InChI is InChI=1S/C25H24ClN5O6/c1-14-4-5-16(10-15(14)2)29-23(33)22(32)27-12-18-7-8-19(37-18)13-28-31-25(35)24(34)30-17-6-9-21(36-3)20(26)11-17/h4-11,13H,12H2,1-3H3,(H,27,32)(H,29,33)(H,30,34)(H,31,35)/b28-13+. The fourth-order valence-electron chi connectivity index (χ4n) is 2.95. The summed E-state index contributed by atoms with van der Waals surface area (Å²) >= 11 is 5.99. The summed E-state index contributed by atoms with van der Waals surface area (Å²) in [6, 6.07) is 12.9. The molecule has 4 N–H and O–H groups in total. The molecule has 11 nitrogen and oxygen atoms in total. The number of amides is 4. The van der Waals surface area contributed by atoms with Gasteiger partial charge in [0.1, 0.15) is 17.3 Å². The molecule has 3 aromatic rings. The van der Waals surface area contributed by atoms with E-state index in [0.29, 0.717) is 22.9 Å². The maximum Gasteiger partial charge on any atom is 0.329 e. The summed E-state index contributed by atoms with van der Waals surface area (Å²) in [4.78, 5) is 48.1. The maximum absolute atomic E-state index is 12.1. The highest BCUT2D eigenvalue weighted by molar-refractivity contribution is 6.40. The number of hydrogen-bond donors (Lipinski definition) is 4. The predicted molar refractivity (Wildman–Crippen MR) is 137 cm³/mol. The average molecular weight is 526 g/mol. The van der Waals surface area contributed by atoms with E-state index in [1.54, 1.807) is 24.3 Å². The Hall–Kier alpha value is -4.64. The maximum atomic E-state index is 12.1. The van der Waals surface area contributed by atoms with Gasteiger partial charge in [0.05, 0.1) is 24.9 Å². The lowest BCUT2D eigenvalue weighted by molar-refractivity contribution is -0.136. The van der Waals surface area contributed by atoms with Crippen molar-refractivity contribution >= 4 is 52.8 Å². The topological polar surface area (TPSA) is 151 Å². The van der Waals surface area contributed by atoms with Gasteiger partial charge in [-0.15, -0.1) is 0 Å². The number of carbonyl (C=O) groups is 4. The summed E-state index contributed by atoms with van der Waals surface area (Å²) in [7, 11) is 1.45. The monoisotopic (exact) mass is 525 g/mol. The molecule has 0 atom stereocenters. The third kappa shape index (κ3) is 7.67. The van der Waals surface area contributed by atoms with Crippen molar-refractivity contribution in [2.45, 2.75) is 20.4 Å². The Morgan fingerprint density at radius 1 is 0.892 bits per heavy atom. The number of rotatable bonds is 7. The van der Waals surface area contributed by atoms with Crippen molar-refractivity contribution in [1.29, 1.82) is 0 Å². The van der Waals surface area contributed by atoms with Crippen molar-refractivity contribution in [3.63, 3.8) is 0 Å². The summed E-state index contributed by atoms with van der Waals surface area (Å²) in [5.74, 6) is -2.61. The molecule has 3 rings (SSSR count). The molecule has 0 saturated heterocycles. The van der Waals surface area contributed by atoms with Crippen molar-refractivity contribution in [3.05, 3.63) is 76.2 Å². The Bertz CT molecular complexity index is 1370. The van der Waals surface area contributed by atoms with Crippen molar-refractivity contribution in [3.8, 4) is 5.75 Å². The van der Waals surface area contributed by atoms with Gasteiger partial charge in [-0.1, -0.05) is 17.7 Å². The first kappa shape index (κ1) is 27.0. The zero-order chi connectivity index (χ0) is 26.9. The van der Waals surface area contributed by atoms with E-state index in [0.717, 1.165) is 11.1 Å². The molecule has 37 heavy (non-hydrogen) atoms. The van der Waals surface area contributed by atoms with E-state index in [4.69, 9.17) is 20.8 Å². The quantitative estimate of drug-likeness (QED) is 0.211. The number of benzene rings is 2. The van der Waals surface area contributed by atoms with Crippen LogP contribution in [0.2, 0.25) is 5.02 Å². The molecule has 4 amide bonds. The van der Waals surface area contributed by atoms with E-state index in [1.807, 2.05) is 19.9 Å². The minimum Gasteiger partial charge on any atom is -0.495 e. The molecule has 2 aromatic carbocycles. The largest absolute Gasteiger partial charge is 0.495 e. The van der Waals surface area contributed by atoms with Crippen LogP contribution in [0.5, 0.6) is 5.75 Å². The van der Waals surface area contributed by atoms with Crippen LogP contribution in [0.4, 0.5) is 11.4 Å². The average Bonchev–Trinajstić information content (AvgIpc) is 3.32. The number of nitrogens with zero attached hydrogens (tertiary/aromatic N) is 1. The van der Waals surface area contributed by atoms with E-state index >= 15 is 0 Å². The van der Waals surface area contributed by atoms with Gasteiger partial charge in [0, 0.05) is 11.4 Å². The second kappa shape index (κ2) is 12.4. The number of hydrogen-bond acceptors (Lipinski definition) is 7. The number of hydrazone groups is 1. The first-order valence-corrected chi connectivity index (χ1v) is 11.3. The zero-order valence-corrected chi connectivity index (χ0v) is 20.9. The molecule has 1 heterocycles. The molecular formula is C25H24ClN5O6. The fourth-order valence-corrected chi connectivity index (χ4v) is 3.21. The summed E-state index contributed by atoms with van der Waals surface area (Å²) in [6.45, 7) is 3.80. The highest BCUT2D eigenvalue weighted by atomic mass is 35.5. The first-order chi connectivity index (χ1) is 17.7. The van der Waals surface area contributed by atoms with Crippen LogP contribution in [0.25, 0.3) is 0 Å². The second-order valence-electron chi connectivity index (χ2n) is 7.74. The molecule has 0 aliphatic rings. The number of ether oxygens (including phenoxy) is 1. The van der Waals surface area contributed by atoms with Crippen LogP contribution >= 0.6 is 11.6 Å². The fraction of sp³-hybridized carbons (Fsp3) is 0.160. The number of nitrogens with one attached hydrogen (secondary N) is 4. The van der Waals surface area contributed by atoms with Crippen LogP contribution in [0.1, 0.15) is 22.6 Å². The van der Waals surface area contributed by atoms with Gasteiger partial charge in [-0.25, -0.2) is 5.43 Å². The Labute approximate surface area is 217 Å². The number of methoxy groups -OCH3 is 1. The number of carbonyl (C=O) groups excluding carboxylic acids is 4. The van der Waals surface area contributed by atoms with Crippen molar-refractivity contribution in [2.24, 2.45) is 5.10 Å². The van der Waals surface area contributed by atoms with Crippen LogP contribution < -0.4 is 26.1 Å². The molecule has 0 fully saturated rings. The smallest absolute Gasteiger partial charge is 0.329 e. The van der Waals surface area contributed by atoms with Crippen LogP contribution in [0.3, 0.4) is 0 Å². The lowest BCUT2D eigenvalue weighted by Crippen LogP contribution is -2.34. The van der Waals surface area contributed by atoms with Crippen molar-refractivity contribution in [2.75, 3.05) is 17.7 Å². The molecule has 0 aliphatic heterocycles. The molecule has 0 unspecified atom stereocenters. The summed E-state index contributed by atoms with van der Waals surface area (Å²) in [6.07, 6.45) is 1.17. The minimum absolute atomic E-state index is 0.0494. The molecule has 1 aromatic heterocycles. The van der Waals surface area contributed by atoms with Gasteiger partial charge < -0.3 is 25.1 Å². The predicted octanol–water partition coefficient (Wildman–Crippen LogP) is 2.90. The first-order valence-electron chi connectivity index (χ1n) is 10.9. The Morgan fingerprint density at radius 3 is 2.24 bits per heavy atom. The van der Waals surface area contributed by atoms with Gasteiger partial charge in [0.15, 0.2) is 0 Å².